The highest BCUT2D eigenvalue weighted by Gasteiger charge is 2.10. The van der Waals surface area contributed by atoms with E-state index in [2.05, 4.69) is 15.4 Å². The first-order valence-electron chi connectivity index (χ1n) is 5.14. The Hall–Kier alpha value is -2.37. The van der Waals surface area contributed by atoms with Crippen LogP contribution in [-0.4, -0.2) is 20.7 Å². The standard InChI is InChI=1S/C11H13N5O/c1-16-6-4-8(15-16)7-14-11(17)10-9(12)3-2-5-13-10/h2-6H,7,12H2,1H3,(H,14,17). The maximum atomic E-state index is 11.8. The van der Waals surface area contributed by atoms with E-state index < -0.39 is 0 Å². The second-order valence-electron chi connectivity index (χ2n) is 3.60. The molecule has 6 nitrogen and oxygen atoms in total. The Bertz CT molecular complexity index is 534. The second kappa shape index (κ2) is 4.65. The van der Waals surface area contributed by atoms with Crippen molar-refractivity contribution >= 4 is 11.6 Å². The van der Waals surface area contributed by atoms with Crippen LogP contribution in [0.3, 0.4) is 0 Å². The summed E-state index contributed by atoms with van der Waals surface area (Å²) in [6, 6.07) is 5.16. The van der Waals surface area contributed by atoms with Crippen LogP contribution < -0.4 is 11.1 Å². The third kappa shape index (κ3) is 2.60. The first kappa shape index (κ1) is 11.1. The lowest BCUT2D eigenvalue weighted by atomic mass is 10.3. The number of aromatic nitrogens is 3. The minimum Gasteiger partial charge on any atom is -0.397 e. The fourth-order valence-corrected chi connectivity index (χ4v) is 1.42. The van der Waals surface area contributed by atoms with Gasteiger partial charge in [-0.1, -0.05) is 0 Å². The molecule has 0 radical (unpaired) electrons. The molecule has 0 spiro atoms. The quantitative estimate of drug-likeness (QED) is 0.797. The first-order chi connectivity index (χ1) is 8.16. The van der Waals surface area contributed by atoms with Crippen molar-refractivity contribution in [3.63, 3.8) is 0 Å². The molecule has 2 aromatic heterocycles. The van der Waals surface area contributed by atoms with Gasteiger partial charge in [0, 0.05) is 19.4 Å². The summed E-state index contributed by atoms with van der Waals surface area (Å²) in [6.45, 7) is 0.357. The van der Waals surface area contributed by atoms with Gasteiger partial charge in [0.25, 0.3) is 5.91 Å². The van der Waals surface area contributed by atoms with E-state index in [1.807, 2.05) is 19.3 Å². The molecule has 0 aromatic carbocycles. The van der Waals surface area contributed by atoms with E-state index in [9.17, 15) is 4.79 Å². The Labute approximate surface area is 98.5 Å². The molecule has 3 N–H and O–H groups in total. The van der Waals surface area contributed by atoms with E-state index in [1.54, 1.807) is 16.8 Å². The summed E-state index contributed by atoms with van der Waals surface area (Å²) in [5.74, 6) is -0.297. The Morgan fingerprint density at radius 1 is 1.53 bits per heavy atom. The zero-order chi connectivity index (χ0) is 12.3. The molecular formula is C11H13N5O. The summed E-state index contributed by atoms with van der Waals surface area (Å²) in [5, 5.41) is 6.86. The van der Waals surface area contributed by atoms with Gasteiger partial charge in [0.2, 0.25) is 0 Å². The van der Waals surface area contributed by atoms with Gasteiger partial charge in [-0.25, -0.2) is 4.98 Å². The number of nitrogens with two attached hydrogens (primary N) is 1. The summed E-state index contributed by atoms with van der Waals surface area (Å²) in [6.07, 6.45) is 3.35. The largest absolute Gasteiger partial charge is 0.397 e. The molecule has 0 fully saturated rings. The number of rotatable bonds is 3. The molecule has 2 rings (SSSR count). The van der Waals surface area contributed by atoms with Crippen LogP contribution in [0.25, 0.3) is 0 Å². The summed E-state index contributed by atoms with van der Waals surface area (Å²) in [5.41, 5.74) is 7.04. The summed E-state index contributed by atoms with van der Waals surface area (Å²) in [4.78, 5) is 15.7. The maximum absolute atomic E-state index is 11.8. The first-order valence-corrected chi connectivity index (χ1v) is 5.14. The van der Waals surface area contributed by atoms with Crippen molar-refractivity contribution in [3.05, 3.63) is 42.0 Å². The average Bonchev–Trinajstić information content (AvgIpc) is 2.73. The summed E-state index contributed by atoms with van der Waals surface area (Å²) in [7, 11) is 1.82. The molecular weight excluding hydrogens is 218 g/mol. The zero-order valence-corrected chi connectivity index (χ0v) is 9.42. The van der Waals surface area contributed by atoms with Gasteiger partial charge in [0.15, 0.2) is 5.69 Å². The van der Waals surface area contributed by atoms with E-state index in [0.717, 1.165) is 5.69 Å². The average molecular weight is 231 g/mol. The Kier molecular flexibility index (Phi) is 3.04. The molecule has 17 heavy (non-hydrogen) atoms. The van der Waals surface area contributed by atoms with Crippen LogP contribution in [-0.2, 0) is 13.6 Å². The smallest absolute Gasteiger partial charge is 0.272 e. The van der Waals surface area contributed by atoms with Crippen LogP contribution in [0.5, 0.6) is 0 Å². The third-order valence-corrected chi connectivity index (χ3v) is 2.25. The number of amides is 1. The van der Waals surface area contributed by atoms with Crippen LogP contribution in [0.4, 0.5) is 5.69 Å². The lowest BCUT2D eigenvalue weighted by Gasteiger charge is -2.04. The highest BCUT2D eigenvalue weighted by molar-refractivity contribution is 5.96. The van der Waals surface area contributed by atoms with Crippen LogP contribution >= 0.6 is 0 Å². The summed E-state index contributed by atoms with van der Waals surface area (Å²) < 4.78 is 1.68. The number of anilines is 1. The van der Waals surface area contributed by atoms with Crippen LogP contribution in [0.2, 0.25) is 0 Å². The number of aryl methyl sites for hydroxylation is 1. The number of hydrogen-bond donors (Lipinski definition) is 2. The van der Waals surface area contributed by atoms with Gasteiger partial charge in [-0.2, -0.15) is 5.10 Å². The van der Waals surface area contributed by atoms with Crippen LogP contribution in [0.15, 0.2) is 30.6 Å². The van der Waals surface area contributed by atoms with E-state index in [1.165, 1.54) is 6.20 Å². The SMILES string of the molecule is Cn1ccc(CNC(=O)c2ncccc2N)n1. The lowest BCUT2D eigenvalue weighted by Crippen LogP contribution is -2.25. The fraction of sp³-hybridized carbons (Fsp3) is 0.182. The Morgan fingerprint density at radius 2 is 2.35 bits per heavy atom. The molecule has 1 amide bonds. The number of nitrogens with one attached hydrogen (secondary N) is 1. The van der Waals surface area contributed by atoms with Gasteiger partial charge >= 0.3 is 0 Å². The molecule has 0 aliphatic rings. The molecule has 2 heterocycles. The normalized spacial score (nSPS) is 10.2. The Balaban J connectivity index is 2.01. The molecule has 0 aliphatic heterocycles. The van der Waals surface area contributed by atoms with Gasteiger partial charge < -0.3 is 11.1 Å². The van der Waals surface area contributed by atoms with Gasteiger partial charge in [-0.3, -0.25) is 9.48 Å². The molecule has 0 bridgehead atoms. The van der Waals surface area contributed by atoms with Crippen molar-refractivity contribution in [2.24, 2.45) is 7.05 Å². The van der Waals surface area contributed by atoms with E-state index >= 15 is 0 Å². The predicted octanol–water partition coefficient (Wildman–Crippen LogP) is 0.327. The van der Waals surface area contributed by atoms with Crippen molar-refractivity contribution in [1.82, 2.24) is 20.1 Å². The molecule has 0 unspecified atom stereocenters. The Morgan fingerprint density at radius 3 is 3.00 bits per heavy atom. The van der Waals surface area contributed by atoms with Gasteiger partial charge in [-0.15, -0.1) is 0 Å². The monoisotopic (exact) mass is 231 g/mol. The van der Waals surface area contributed by atoms with Crippen molar-refractivity contribution in [1.29, 1.82) is 0 Å². The molecule has 6 heteroatoms. The number of pyridine rings is 1. The van der Waals surface area contributed by atoms with Gasteiger partial charge in [-0.05, 0) is 18.2 Å². The summed E-state index contributed by atoms with van der Waals surface area (Å²) >= 11 is 0. The van der Waals surface area contributed by atoms with E-state index in [-0.39, 0.29) is 11.6 Å². The van der Waals surface area contributed by atoms with Crippen molar-refractivity contribution < 1.29 is 4.79 Å². The third-order valence-electron chi connectivity index (χ3n) is 2.25. The van der Waals surface area contributed by atoms with Gasteiger partial charge in [0.1, 0.15) is 0 Å². The highest BCUT2D eigenvalue weighted by Crippen LogP contribution is 2.06. The number of nitrogens with zero attached hydrogens (tertiary/aromatic N) is 3. The predicted molar refractivity (Wildman–Crippen MR) is 63.0 cm³/mol. The van der Waals surface area contributed by atoms with Crippen molar-refractivity contribution in [3.8, 4) is 0 Å². The highest BCUT2D eigenvalue weighted by atomic mass is 16.1. The molecule has 0 saturated heterocycles. The van der Waals surface area contributed by atoms with E-state index in [4.69, 9.17) is 5.73 Å². The molecule has 0 aliphatic carbocycles. The number of hydrogen-bond acceptors (Lipinski definition) is 4. The van der Waals surface area contributed by atoms with Crippen molar-refractivity contribution in [2.75, 3.05) is 5.73 Å². The zero-order valence-electron chi connectivity index (χ0n) is 9.42. The maximum Gasteiger partial charge on any atom is 0.272 e. The molecule has 2 aromatic rings. The van der Waals surface area contributed by atoms with Gasteiger partial charge in [0.05, 0.1) is 17.9 Å². The number of nitrogen functional groups attached to an aromatic ring is 1. The molecule has 0 atom stereocenters. The van der Waals surface area contributed by atoms with Crippen LogP contribution in [0, 0.1) is 0 Å². The molecule has 0 saturated carbocycles. The topological polar surface area (TPSA) is 85.8 Å². The molecule has 88 valence electrons. The number of carbonyl (C=O) groups is 1. The number of carbonyl (C=O) groups excluding carboxylic acids is 1. The second-order valence-corrected chi connectivity index (χ2v) is 3.60. The van der Waals surface area contributed by atoms with Crippen LogP contribution in [0.1, 0.15) is 16.2 Å². The fourth-order valence-electron chi connectivity index (χ4n) is 1.42. The van der Waals surface area contributed by atoms with Crippen molar-refractivity contribution in [2.45, 2.75) is 6.54 Å². The minimum atomic E-state index is -0.297. The van der Waals surface area contributed by atoms with E-state index in [0.29, 0.717) is 12.2 Å². The lowest BCUT2D eigenvalue weighted by molar-refractivity contribution is 0.0946. The minimum absolute atomic E-state index is 0.239.